The molecule has 0 bridgehead atoms. The highest BCUT2D eigenvalue weighted by Crippen LogP contribution is 2.38. The van der Waals surface area contributed by atoms with Gasteiger partial charge in [0.2, 0.25) is 5.91 Å². The van der Waals surface area contributed by atoms with Gasteiger partial charge in [0.25, 0.3) is 0 Å². The maximum Gasteiger partial charge on any atom is 0.222 e. The van der Waals surface area contributed by atoms with Crippen LogP contribution in [0.2, 0.25) is 0 Å². The van der Waals surface area contributed by atoms with Crippen molar-refractivity contribution in [2.45, 2.75) is 44.9 Å². The number of piperidine rings is 1. The summed E-state index contributed by atoms with van der Waals surface area (Å²) < 4.78 is 0. The third-order valence-electron chi connectivity index (χ3n) is 3.95. The van der Waals surface area contributed by atoms with Crippen LogP contribution in [-0.2, 0) is 4.79 Å². The molecular weight excluding hydrogens is 190 g/mol. The lowest BCUT2D eigenvalue weighted by Gasteiger charge is -2.36. The van der Waals surface area contributed by atoms with Gasteiger partial charge >= 0.3 is 0 Å². The van der Waals surface area contributed by atoms with E-state index in [9.17, 15) is 9.90 Å². The van der Waals surface area contributed by atoms with Crippen molar-refractivity contribution in [3.05, 3.63) is 0 Å². The number of aliphatic hydroxyl groups is 1. The van der Waals surface area contributed by atoms with Gasteiger partial charge in [-0.2, -0.15) is 0 Å². The molecule has 0 unspecified atom stereocenters. The first-order valence-electron chi connectivity index (χ1n) is 6.14. The summed E-state index contributed by atoms with van der Waals surface area (Å²) in [4.78, 5) is 13.7. The van der Waals surface area contributed by atoms with Crippen LogP contribution in [0.5, 0.6) is 0 Å². The number of carbonyl (C=O) groups excluding carboxylic acids is 1. The second kappa shape index (κ2) is 4.52. The molecule has 0 aromatic heterocycles. The standard InChI is InChI=1S/C12H21NO2/c14-10-12(6-2-3-7-12)9-13-8-4-1-5-11(13)15/h14H,1-10H2. The molecule has 0 spiro atoms. The van der Waals surface area contributed by atoms with E-state index in [2.05, 4.69) is 0 Å². The topological polar surface area (TPSA) is 40.5 Å². The maximum absolute atomic E-state index is 11.7. The van der Waals surface area contributed by atoms with Gasteiger partial charge in [-0.1, -0.05) is 12.8 Å². The molecule has 86 valence electrons. The van der Waals surface area contributed by atoms with E-state index in [1.807, 2.05) is 4.90 Å². The first-order chi connectivity index (χ1) is 7.26. The molecule has 2 fully saturated rings. The zero-order valence-corrected chi connectivity index (χ0v) is 9.37. The summed E-state index contributed by atoms with van der Waals surface area (Å²) in [6, 6.07) is 0. The fourth-order valence-electron chi connectivity index (χ4n) is 2.93. The summed E-state index contributed by atoms with van der Waals surface area (Å²) in [6.45, 7) is 1.94. The van der Waals surface area contributed by atoms with Gasteiger partial charge in [-0.15, -0.1) is 0 Å². The van der Waals surface area contributed by atoms with E-state index in [1.165, 1.54) is 12.8 Å². The third-order valence-corrected chi connectivity index (χ3v) is 3.95. The van der Waals surface area contributed by atoms with Crippen molar-refractivity contribution in [2.75, 3.05) is 19.7 Å². The molecule has 0 aromatic rings. The summed E-state index contributed by atoms with van der Waals surface area (Å²) in [6.07, 6.45) is 7.49. The summed E-state index contributed by atoms with van der Waals surface area (Å²) in [7, 11) is 0. The molecule has 0 atom stereocenters. The van der Waals surface area contributed by atoms with Crippen LogP contribution in [0.3, 0.4) is 0 Å². The Bertz CT molecular complexity index is 234. The number of aliphatic hydroxyl groups excluding tert-OH is 1. The number of hydrogen-bond acceptors (Lipinski definition) is 2. The van der Waals surface area contributed by atoms with Crippen molar-refractivity contribution in [3.63, 3.8) is 0 Å². The van der Waals surface area contributed by atoms with Crippen molar-refractivity contribution < 1.29 is 9.90 Å². The Labute approximate surface area is 91.5 Å². The van der Waals surface area contributed by atoms with E-state index in [-0.39, 0.29) is 12.0 Å². The minimum Gasteiger partial charge on any atom is -0.396 e. The molecule has 1 aliphatic heterocycles. The summed E-state index contributed by atoms with van der Waals surface area (Å²) >= 11 is 0. The molecule has 3 nitrogen and oxygen atoms in total. The quantitative estimate of drug-likeness (QED) is 0.769. The monoisotopic (exact) mass is 211 g/mol. The molecular formula is C12H21NO2. The predicted octanol–water partition coefficient (Wildman–Crippen LogP) is 1.55. The van der Waals surface area contributed by atoms with Crippen molar-refractivity contribution in [3.8, 4) is 0 Å². The van der Waals surface area contributed by atoms with Gasteiger partial charge in [0.1, 0.15) is 0 Å². The van der Waals surface area contributed by atoms with Crippen molar-refractivity contribution in [2.24, 2.45) is 5.41 Å². The average Bonchev–Trinajstić information content (AvgIpc) is 2.71. The van der Waals surface area contributed by atoms with Crippen molar-refractivity contribution in [1.82, 2.24) is 4.90 Å². The molecule has 0 aromatic carbocycles. The van der Waals surface area contributed by atoms with Crippen molar-refractivity contribution in [1.29, 1.82) is 0 Å². The van der Waals surface area contributed by atoms with Gasteiger partial charge in [0, 0.05) is 24.9 Å². The highest BCUT2D eigenvalue weighted by atomic mass is 16.3. The Hall–Kier alpha value is -0.570. The Morgan fingerprint density at radius 3 is 2.53 bits per heavy atom. The fourth-order valence-corrected chi connectivity index (χ4v) is 2.93. The second-order valence-corrected chi connectivity index (χ2v) is 5.14. The van der Waals surface area contributed by atoms with Crippen molar-refractivity contribution >= 4 is 5.91 Å². The lowest BCUT2D eigenvalue weighted by atomic mass is 9.86. The zero-order chi connectivity index (χ0) is 10.7. The zero-order valence-electron chi connectivity index (χ0n) is 9.37. The molecule has 1 aliphatic carbocycles. The van der Waals surface area contributed by atoms with Crippen LogP contribution in [0.4, 0.5) is 0 Å². The molecule has 1 N–H and O–H groups in total. The number of amides is 1. The molecule has 1 saturated carbocycles. The molecule has 1 heterocycles. The van der Waals surface area contributed by atoms with Gasteiger partial charge in [-0.25, -0.2) is 0 Å². The molecule has 1 saturated heterocycles. The number of hydrogen-bond donors (Lipinski definition) is 1. The highest BCUT2D eigenvalue weighted by Gasteiger charge is 2.36. The molecule has 1 amide bonds. The summed E-state index contributed by atoms with van der Waals surface area (Å²) in [5, 5.41) is 9.50. The second-order valence-electron chi connectivity index (χ2n) is 5.14. The lowest BCUT2D eigenvalue weighted by molar-refractivity contribution is -0.135. The first-order valence-corrected chi connectivity index (χ1v) is 6.14. The highest BCUT2D eigenvalue weighted by molar-refractivity contribution is 5.76. The minimum atomic E-state index is 0.0347. The van der Waals surface area contributed by atoms with Gasteiger partial charge in [-0.05, 0) is 25.7 Å². The molecule has 2 rings (SSSR count). The normalized spacial score (nSPS) is 25.9. The van der Waals surface area contributed by atoms with Crippen LogP contribution in [-0.4, -0.2) is 35.6 Å². The minimum absolute atomic E-state index is 0.0347. The van der Waals surface area contributed by atoms with Crippen LogP contribution < -0.4 is 0 Å². The Morgan fingerprint density at radius 2 is 1.93 bits per heavy atom. The number of rotatable bonds is 3. The van der Waals surface area contributed by atoms with E-state index in [4.69, 9.17) is 0 Å². The predicted molar refractivity (Wildman–Crippen MR) is 58.4 cm³/mol. The van der Waals surface area contributed by atoms with E-state index in [1.54, 1.807) is 0 Å². The van der Waals surface area contributed by atoms with E-state index in [0.717, 1.165) is 38.8 Å². The smallest absolute Gasteiger partial charge is 0.222 e. The average molecular weight is 211 g/mol. The largest absolute Gasteiger partial charge is 0.396 e. The SMILES string of the molecule is O=C1CCCCN1CC1(CO)CCCC1. The Balaban J connectivity index is 1.96. The Morgan fingerprint density at radius 1 is 1.20 bits per heavy atom. The van der Waals surface area contributed by atoms with Gasteiger partial charge in [0.05, 0.1) is 6.61 Å². The molecule has 0 radical (unpaired) electrons. The van der Waals surface area contributed by atoms with Crippen LogP contribution in [0.15, 0.2) is 0 Å². The summed E-state index contributed by atoms with van der Waals surface area (Å²) in [5.74, 6) is 0.293. The lowest BCUT2D eigenvalue weighted by Crippen LogP contribution is -2.44. The number of likely N-dealkylation sites (tertiary alicyclic amines) is 1. The van der Waals surface area contributed by atoms with Crippen LogP contribution in [0, 0.1) is 5.41 Å². The van der Waals surface area contributed by atoms with Crippen LogP contribution in [0.1, 0.15) is 44.9 Å². The van der Waals surface area contributed by atoms with Crippen LogP contribution in [0.25, 0.3) is 0 Å². The Kier molecular flexibility index (Phi) is 3.29. The van der Waals surface area contributed by atoms with E-state index in [0.29, 0.717) is 12.3 Å². The molecule has 3 heteroatoms. The van der Waals surface area contributed by atoms with Gasteiger partial charge < -0.3 is 10.0 Å². The number of nitrogens with zero attached hydrogens (tertiary/aromatic N) is 1. The van der Waals surface area contributed by atoms with Gasteiger partial charge in [-0.3, -0.25) is 4.79 Å². The van der Waals surface area contributed by atoms with Crippen LogP contribution >= 0.6 is 0 Å². The van der Waals surface area contributed by atoms with Gasteiger partial charge in [0.15, 0.2) is 0 Å². The summed E-state index contributed by atoms with van der Waals surface area (Å²) in [5.41, 5.74) is 0.0347. The number of carbonyl (C=O) groups is 1. The third kappa shape index (κ3) is 2.33. The fraction of sp³-hybridized carbons (Fsp3) is 0.917. The van der Waals surface area contributed by atoms with E-state index >= 15 is 0 Å². The molecule has 2 aliphatic rings. The van der Waals surface area contributed by atoms with E-state index < -0.39 is 0 Å². The maximum atomic E-state index is 11.7. The molecule has 15 heavy (non-hydrogen) atoms. The first kappa shape index (κ1) is 10.9.